The second-order valence-corrected chi connectivity index (χ2v) is 49.5. The molecule has 0 bridgehead atoms. The van der Waals surface area contributed by atoms with Gasteiger partial charge >= 0.3 is 0 Å². The van der Waals surface area contributed by atoms with Gasteiger partial charge in [0, 0.05) is 32.7 Å². The third kappa shape index (κ3) is 23.7. The van der Waals surface area contributed by atoms with Gasteiger partial charge in [0.25, 0.3) is 50.1 Å². The summed E-state index contributed by atoms with van der Waals surface area (Å²) in [5.74, 6) is 0.127. The molecule has 0 radical (unpaired) electrons. The number of rotatable bonds is 21. The summed E-state index contributed by atoms with van der Waals surface area (Å²) >= 11 is 0. The molecule has 0 aliphatic carbocycles. The number of nitrogens with zero attached hydrogens (tertiary/aromatic N) is 5. The lowest BCUT2D eigenvalue weighted by atomic mass is 10.1. The normalized spacial score (nSPS) is 16.7. The molecule has 5 aliphatic rings. The maximum atomic E-state index is 13.4. The molecule has 31 nitrogen and oxygen atoms in total. The van der Waals surface area contributed by atoms with E-state index in [0.717, 1.165) is 39.4 Å². The van der Waals surface area contributed by atoms with E-state index in [-0.39, 0.29) is 70.4 Å². The van der Waals surface area contributed by atoms with Gasteiger partial charge in [-0.05, 0) is 290 Å². The monoisotopic (exact) mass is 1950 g/mol. The van der Waals surface area contributed by atoms with Crippen LogP contribution in [0.5, 0.6) is 5.75 Å². The van der Waals surface area contributed by atoms with Crippen molar-refractivity contribution in [1.29, 1.82) is 0 Å². The van der Waals surface area contributed by atoms with Gasteiger partial charge in [-0.1, -0.05) is 66.7 Å². The smallest absolute Gasteiger partial charge is 0.265 e. The van der Waals surface area contributed by atoms with Crippen LogP contribution in [0.4, 0.5) is 61.3 Å². The van der Waals surface area contributed by atoms with Crippen LogP contribution >= 0.6 is 0 Å². The predicted molar refractivity (Wildman–Crippen MR) is 501 cm³/mol. The Morgan fingerprint density at radius 1 is 0.266 bits per heavy atom. The number of hydrogen-bond acceptors (Lipinski definition) is 21. The van der Waals surface area contributed by atoms with Crippen LogP contribution in [0, 0.1) is 75.1 Å². The first-order valence-electron chi connectivity index (χ1n) is 40.1. The Labute approximate surface area is 751 Å². The van der Waals surface area contributed by atoms with E-state index in [1.807, 2.05) is 59.7 Å². The van der Waals surface area contributed by atoms with E-state index >= 15 is 0 Å². The van der Waals surface area contributed by atoms with Crippen LogP contribution in [0.15, 0.2) is 225 Å². The van der Waals surface area contributed by atoms with E-state index in [9.17, 15) is 88.6 Å². The van der Waals surface area contributed by atoms with Crippen LogP contribution in [0.25, 0.3) is 0 Å². The molecule has 5 saturated heterocycles. The van der Waals surface area contributed by atoms with E-state index in [4.69, 9.17) is 4.74 Å². The summed E-state index contributed by atoms with van der Waals surface area (Å²) in [6.45, 7) is 20.0. The minimum atomic E-state index is -3.99. The van der Waals surface area contributed by atoms with Crippen molar-refractivity contribution in [2.75, 3.05) is 114 Å². The summed E-state index contributed by atoms with van der Waals surface area (Å²) in [4.78, 5) is 0.525. The van der Waals surface area contributed by atoms with Gasteiger partial charge < -0.3 is 4.74 Å². The number of aryl methyl sites for hydroxylation is 10. The molecule has 42 heteroatoms. The summed E-state index contributed by atoms with van der Waals surface area (Å²) in [5, 5.41) is 0. The van der Waals surface area contributed by atoms with Crippen molar-refractivity contribution in [3.63, 3.8) is 0 Å². The highest BCUT2D eigenvalue weighted by atomic mass is 32.2. The highest BCUT2D eigenvalue weighted by Crippen LogP contribution is 2.37. The minimum absolute atomic E-state index is 0.0345. The second-order valence-electron chi connectivity index (χ2n) is 31.2. The maximum absolute atomic E-state index is 13.4. The minimum Gasteiger partial charge on any atom is -0.495 e. The van der Waals surface area contributed by atoms with Crippen LogP contribution in [0.3, 0.4) is 0 Å². The number of hydrogen-bond donors (Lipinski definition) is 5. The summed E-state index contributed by atoms with van der Waals surface area (Å²) in [5.41, 5.74) is 11.5. The van der Waals surface area contributed by atoms with Gasteiger partial charge in [-0.2, -0.15) is 0 Å². The number of methoxy groups -OCH3 is 1. The van der Waals surface area contributed by atoms with E-state index in [2.05, 4.69) is 23.6 Å². The Balaban J connectivity index is 0.000000155. The number of sulfonamides is 10. The summed E-state index contributed by atoms with van der Waals surface area (Å²) in [6.07, 6.45) is 2.79. The molecule has 0 aromatic heterocycles. The van der Waals surface area contributed by atoms with Gasteiger partial charge in [0.15, 0.2) is 0 Å². The number of halogens is 1. The largest absolute Gasteiger partial charge is 0.495 e. The third-order valence-electron chi connectivity index (χ3n) is 21.3. The summed E-state index contributed by atoms with van der Waals surface area (Å²) < 4.78 is 285. The fourth-order valence-corrected chi connectivity index (χ4v) is 29.0. The molecule has 10 aromatic rings. The molecule has 5 N–H and O–H groups in total. The standard InChI is InChI=1S/C18H22N2O5S2.C18H22N2O4S2.2C17H20N2O4S2.C16H17FN2O4S2/c1-13-10-17(25-3)18(11-14(13)2)27(23,24)19-15-6-4-7-16(12-15)20-8-5-9-26(20,21)22;1-13-10-15(3)18(11-14(13)2)26(23,24)19-16-6-4-7-17(12-16)20-8-5-9-25(20,21)22;2*1-13-7-8-14(2)17(11-13)25(22,23)18-15-5-3-6-16(12-15)19-9-4-10-24(19,20)21;1-12-6-7-13(17)10-16(12)25(22,23)18-14-4-2-5-15(11-14)19-8-3-9-24(19,20)21/h4,6-7,10-12,19H,5,8-9H2,1-3H3;4,6-7,10-12,19H,5,8-9H2,1-3H3;2*3,5-8,11-12,18H,4,9-10H2,1-2H3;2,4-7,10-11,18H,3,8-9H2,1H3. The molecule has 5 aliphatic heterocycles. The number of nitrogens with one attached hydrogen (secondary N) is 5. The van der Waals surface area contributed by atoms with Gasteiger partial charge in [0.05, 0.1) is 112 Å². The molecule has 0 unspecified atom stereocenters. The zero-order valence-corrected chi connectivity index (χ0v) is 80.1. The first-order chi connectivity index (χ1) is 59.8. The lowest BCUT2D eigenvalue weighted by Crippen LogP contribution is -2.25. The molecule has 5 heterocycles. The molecule has 0 saturated carbocycles. The van der Waals surface area contributed by atoms with Crippen LogP contribution in [0.2, 0.25) is 0 Å². The van der Waals surface area contributed by atoms with Crippen molar-refractivity contribution >= 4 is 157 Å². The Hall–Kier alpha value is -10.6. The molecule has 5 fully saturated rings. The first-order valence-corrected chi connectivity index (χ1v) is 55.6. The molecule has 688 valence electrons. The van der Waals surface area contributed by atoms with Gasteiger partial charge in [-0.3, -0.25) is 45.1 Å². The van der Waals surface area contributed by atoms with Crippen molar-refractivity contribution in [3.05, 3.63) is 262 Å². The lowest BCUT2D eigenvalue weighted by Gasteiger charge is -2.18. The van der Waals surface area contributed by atoms with E-state index in [0.29, 0.717) is 133 Å². The highest BCUT2D eigenvalue weighted by molar-refractivity contribution is 7.95. The molecule has 0 spiro atoms. The Morgan fingerprint density at radius 2 is 0.500 bits per heavy atom. The number of benzene rings is 10. The van der Waals surface area contributed by atoms with Crippen molar-refractivity contribution in [2.45, 2.75) is 126 Å². The Morgan fingerprint density at radius 3 is 0.766 bits per heavy atom. The van der Waals surface area contributed by atoms with Crippen molar-refractivity contribution in [3.8, 4) is 5.75 Å². The summed E-state index contributed by atoms with van der Waals surface area (Å²) in [7, 11) is -34.4. The first kappa shape index (κ1) is 98.0. The molecule has 0 amide bonds. The molecular weight excluding hydrogens is 1850 g/mol. The fraction of sp³-hybridized carbons (Fsp3) is 0.302. The Bertz CT molecular complexity index is 6770. The van der Waals surface area contributed by atoms with Crippen LogP contribution in [-0.4, -0.2) is 153 Å². The SMILES string of the molecule is COc1cc(C)c(C)cc1S(=O)(=O)Nc1cccc(N2CCCS2(=O)=O)c1.Cc1cc(C)c(S(=O)(=O)Nc2cccc(N3CCCS3(=O)=O)c2)cc1C.Cc1ccc(C)c(S(=O)(=O)Nc2cccc(N3CCCS3(=O)=O)c2)c1.Cc1ccc(C)c(S(=O)(=O)Nc2cccc(N3CCCS3(=O)=O)c2)c1.Cc1ccc(F)cc1S(=O)(=O)Nc1cccc(N2CCCS2(=O)=O)c1. The van der Waals surface area contributed by atoms with Crippen molar-refractivity contribution in [2.24, 2.45) is 0 Å². The molecule has 0 atom stereocenters. The fourth-order valence-electron chi connectivity index (χ4n) is 14.5. The lowest BCUT2D eigenvalue weighted by molar-refractivity contribution is 0.402. The molecule has 15 rings (SSSR count). The van der Waals surface area contributed by atoms with E-state index in [1.165, 1.54) is 59.0 Å². The average molecular weight is 1950 g/mol. The van der Waals surface area contributed by atoms with Crippen LogP contribution in [-0.2, 0) is 100 Å². The topological polar surface area (TPSA) is 427 Å². The third-order valence-corrected chi connectivity index (χ3v) is 38.1. The van der Waals surface area contributed by atoms with Gasteiger partial charge in [0.1, 0.15) is 16.5 Å². The highest BCUT2D eigenvalue weighted by Gasteiger charge is 2.35. The van der Waals surface area contributed by atoms with Gasteiger partial charge in [0.2, 0.25) is 50.1 Å². The zero-order chi connectivity index (χ0) is 93.7. The molecule has 128 heavy (non-hydrogen) atoms. The summed E-state index contributed by atoms with van der Waals surface area (Å²) in [6, 6.07) is 52.6. The van der Waals surface area contributed by atoms with Crippen molar-refractivity contribution < 1.29 is 93.3 Å². The van der Waals surface area contributed by atoms with Gasteiger partial charge in [-0.25, -0.2) is 88.6 Å². The molecular formula is C86H101FN10O21S10. The maximum Gasteiger partial charge on any atom is 0.265 e. The number of anilines is 10. The van der Waals surface area contributed by atoms with Gasteiger partial charge in [-0.15, -0.1) is 0 Å². The average Bonchev–Trinajstić information content (AvgIpc) is 1.60. The van der Waals surface area contributed by atoms with E-state index in [1.54, 1.807) is 173 Å². The van der Waals surface area contributed by atoms with E-state index < -0.39 is 106 Å². The van der Waals surface area contributed by atoms with Crippen LogP contribution in [0.1, 0.15) is 87.7 Å². The zero-order valence-electron chi connectivity index (χ0n) is 71.9. The number of ether oxygens (including phenoxy) is 1. The van der Waals surface area contributed by atoms with Crippen molar-refractivity contribution in [1.82, 2.24) is 0 Å². The quantitative estimate of drug-likeness (QED) is 0.0446. The van der Waals surface area contributed by atoms with Crippen LogP contribution < -0.4 is 49.9 Å². The Kier molecular flexibility index (Phi) is 29.9. The molecule has 10 aromatic carbocycles. The second kappa shape index (κ2) is 39.0. The predicted octanol–water partition coefficient (Wildman–Crippen LogP) is 13.4.